The molecular formula is C10H11BClNO4S. The molecule has 0 bridgehead atoms. The van der Waals surface area contributed by atoms with Gasteiger partial charge in [-0.05, 0) is 24.3 Å². The Labute approximate surface area is 112 Å². The molecule has 1 aromatic carbocycles. The molecule has 1 unspecified atom stereocenters. The van der Waals surface area contributed by atoms with E-state index in [2.05, 4.69) is 0 Å². The molecule has 0 spiro atoms. The van der Waals surface area contributed by atoms with Crippen LogP contribution in [-0.2, 0) is 14.8 Å². The minimum Gasteiger partial charge on any atom is -0.376 e. The first kappa shape index (κ1) is 13.8. The summed E-state index contributed by atoms with van der Waals surface area (Å²) >= 11 is 5.70. The van der Waals surface area contributed by atoms with Crippen molar-refractivity contribution in [3.05, 3.63) is 29.3 Å². The second-order valence-electron chi connectivity index (χ2n) is 3.87. The molecule has 0 amide bonds. The highest BCUT2D eigenvalue weighted by Crippen LogP contribution is 2.23. The van der Waals surface area contributed by atoms with Crippen molar-refractivity contribution in [3.63, 3.8) is 0 Å². The van der Waals surface area contributed by atoms with Gasteiger partial charge < -0.3 is 9.84 Å². The van der Waals surface area contributed by atoms with E-state index in [1.54, 1.807) is 0 Å². The van der Waals surface area contributed by atoms with E-state index >= 15 is 0 Å². The molecule has 1 aliphatic heterocycles. The van der Waals surface area contributed by atoms with Crippen LogP contribution in [0.2, 0.25) is 5.02 Å². The maximum Gasteiger partial charge on any atom is 0.244 e. The lowest BCUT2D eigenvalue weighted by molar-refractivity contribution is -0.0765. The number of ether oxygens (including phenoxy) is 1. The van der Waals surface area contributed by atoms with Gasteiger partial charge in [-0.1, -0.05) is 11.6 Å². The molecular weight excluding hydrogens is 276 g/mol. The number of aliphatic hydroxyl groups excluding tert-OH is 1. The van der Waals surface area contributed by atoms with Crippen LogP contribution in [0.1, 0.15) is 0 Å². The highest BCUT2D eigenvalue weighted by molar-refractivity contribution is 7.89. The Hall–Kier alpha value is -0.595. The van der Waals surface area contributed by atoms with E-state index in [9.17, 15) is 13.5 Å². The third kappa shape index (κ3) is 2.55. The predicted octanol–water partition coefficient (Wildman–Crippen LogP) is 0.174. The zero-order valence-electron chi connectivity index (χ0n) is 9.36. The summed E-state index contributed by atoms with van der Waals surface area (Å²) in [5, 5.41) is 10.1. The molecule has 1 aromatic rings. The molecule has 1 saturated heterocycles. The molecule has 18 heavy (non-hydrogen) atoms. The largest absolute Gasteiger partial charge is 0.376 e. The summed E-state index contributed by atoms with van der Waals surface area (Å²) in [7, 11) is 1.80. The predicted molar refractivity (Wildman–Crippen MR) is 66.8 cm³/mol. The summed E-state index contributed by atoms with van der Waals surface area (Å²) in [6.07, 6.45) is -1.28. The molecule has 2 atom stereocenters. The van der Waals surface area contributed by atoms with Crippen molar-refractivity contribution in [2.75, 3.05) is 13.2 Å². The number of sulfonamides is 1. The maximum atomic E-state index is 12.3. The van der Waals surface area contributed by atoms with E-state index in [4.69, 9.17) is 24.2 Å². The van der Waals surface area contributed by atoms with Crippen molar-refractivity contribution >= 4 is 29.5 Å². The zero-order valence-corrected chi connectivity index (χ0v) is 10.9. The molecule has 5 nitrogen and oxygen atoms in total. The van der Waals surface area contributed by atoms with Crippen LogP contribution in [0.3, 0.4) is 0 Å². The zero-order chi connectivity index (χ0) is 13.3. The molecule has 8 heteroatoms. The van der Waals surface area contributed by atoms with E-state index < -0.39 is 22.2 Å². The van der Waals surface area contributed by atoms with Gasteiger partial charge in [-0.2, -0.15) is 4.31 Å². The monoisotopic (exact) mass is 287 g/mol. The van der Waals surface area contributed by atoms with Crippen LogP contribution in [0, 0.1) is 0 Å². The summed E-state index contributed by atoms with van der Waals surface area (Å²) < 4.78 is 30.4. The first-order valence-corrected chi connectivity index (χ1v) is 7.05. The summed E-state index contributed by atoms with van der Waals surface area (Å²) in [5.41, 5.74) is 0. The Bertz CT molecular complexity index is 511. The van der Waals surface area contributed by atoms with Crippen LogP contribution in [0.4, 0.5) is 0 Å². The van der Waals surface area contributed by atoms with Crippen LogP contribution in [0.15, 0.2) is 29.2 Å². The lowest BCUT2D eigenvalue weighted by Gasteiger charge is -2.36. The molecule has 96 valence electrons. The fraction of sp³-hybridized carbons (Fsp3) is 0.400. The molecule has 1 heterocycles. The second kappa shape index (κ2) is 5.18. The van der Waals surface area contributed by atoms with Gasteiger partial charge in [0.1, 0.15) is 6.23 Å². The minimum absolute atomic E-state index is 0.0308. The number of morpholine rings is 1. The normalized spacial score (nSPS) is 26.1. The highest BCUT2D eigenvalue weighted by atomic mass is 35.5. The molecule has 0 saturated carbocycles. The van der Waals surface area contributed by atoms with Crippen molar-refractivity contribution < 1.29 is 18.3 Å². The SMILES string of the molecule is [B]C1COC[C@@H](O)N1S(=O)(=O)c1ccc(Cl)cc1. The van der Waals surface area contributed by atoms with E-state index in [1.807, 2.05) is 0 Å². The van der Waals surface area contributed by atoms with Gasteiger partial charge in [0.15, 0.2) is 0 Å². The van der Waals surface area contributed by atoms with Gasteiger partial charge in [0.05, 0.1) is 26.0 Å². The molecule has 0 aliphatic carbocycles. The standard InChI is InChI=1S/C10H11BClNO4S/c11-9-5-17-6-10(14)13(9)18(15,16)8-3-1-7(12)2-4-8/h1-4,9-10,14H,5-6H2/t9?,10-/m1/s1. The van der Waals surface area contributed by atoms with E-state index in [1.165, 1.54) is 24.3 Å². The number of aliphatic hydroxyl groups is 1. The lowest BCUT2D eigenvalue weighted by atomic mass is 9.97. The molecule has 1 N–H and O–H groups in total. The summed E-state index contributed by atoms with van der Waals surface area (Å²) in [6.45, 7) is -0.0512. The number of halogens is 1. The Balaban J connectivity index is 2.38. The Morgan fingerprint density at radius 2 is 1.94 bits per heavy atom. The van der Waals surface area contributed by atoms with Gasteiger partial charge in [-0.25, -0.2) is 8.42 Å². The average Bonchev–Trinajstić information content (AvgIpc) is 2.29. The number of hydrogen-bond donors (Lipinski definition) is 1. The van der Waals surface area contributed by atoms with Crippen LogP contribution < -0.4 is 0 Å². The topological polar surface area (TPSA) is 66.8 Å². The van der Waals surface area contributed by atoms with Crippen LogP contribution in [-0.4, -0.2) is 51.1 Å². The quantitative estimate of drug-likeness (QED) is 0.788. The maximum absolute atomic E-state index is 12.3. The second-order valence-corrected chi connectivity index (χ2v) is 6.15. The summed E-state index contributed by atoms with van der Waals surface area (Å²) in [5.74, 6) is -0.908. The average molecular weight is 288 g/mol. The Morgan fingerprint density at radius 3 is 2.50 bits per heavy atom. The third-order valence-electron chi connectivity index (χ3n) is 2.57. The van der Waals surface area contributed by atoms with Crippen LogP contribution in [0.5, 0.6) is 0 Å². The van der Waals surface area contributed by atoms with Crippen molar-refractivity contribution in [3.8, 4) is 0 Å². The molecule has 1 fully saturated rings. The minimum atomic E-state index is -3.86. The number of benzene rings is 1. The summed E-state index contributed by atoms with van der Waals surface area (Å²) in [6, 6.07) is 5.67. The van der Waals surface area contributed by atoms with Gasteiger partial charge >= 0.3 is 0 Å². The van der Waals surface area contributed by atoms with Gasteiger partial charge in [-0.15, -0.1) is 0 Å². The Kier molecular flexibility index (Phi) is 3.98. The summed E-state index contributed by atoms with van der Waals surface area (Å²) in [4.78, 5) is 0.0308. The van der Waals surface area contributed by atoms with E-state index in [0.717, 1.165) is 4.31 Å². The first-order valence-electron chi connectivity index (χ1n) is 5.23. The molecule has 0 aromatic heterocycles. The van der Waals surface area contributed by atoms with Crippen molar-refractivity contribution in [2.45, 2.75) is 17.1 Å². The number of rotatable bonds is 2. The molecule has 2 rings (SSSR count). The Morgan fingerprint density at radius 1 is 1.33 bits per heavy atom. The first-order chi connectivity index (χ1) is 8.43. The van der Waals surface area contributed by atoms with Gasteiger partial charge in [-0.3, -0.25) is 0 Å². The van der Waals surface area contributed by atoms with Crippen molar-refractivity contribution in [1.82, 2.24) is 4.31 Å². The van der Waals surface area contributed by atoms with Gasteiger partial charge in [0.2, 0.25) is 10.0 Å². The smallest absolute Gasteiger partial charge is 0.244 e. The van der Waals surface area contributed by atoms with Crippen LogP contribution in [0.25, 0.3) is 0 Å². The van der Waals surface area contributed by atoms with E-state index in [0.29, 0.717) is 5.02 Å². The molecule has 1 aliphatic rings. The fourth-order valence-corrected chi connectivity index (χ4v) is 3.38. The fourth-order valence-electron chi connectivity index (χ4n) is 1.73. The third-order valence-corrected chi connectivity index (χ3v) is 4.75. The molecule has 2 radical (unpaired) electrons. The van der Waals surface area contributed by atoms with Crippen LogP contribution >= 0.6 is 11.6 Å². The van der Waals surface area contributed by atoms with Crippen molar-refractivity contribution in [1.29, 1.82) is 0 Å². The highest BCUT2D eigenvalue weighted by Gasteiger charge is 2.37. The van der Waals surface area contributed by atoms with E-state index in [-0.39, 0.29) is 18.1 Å². The number of hydrogen-bond acceptors (Lipinski definition) is 4. The van der Waals surface area contributed by atoms with Gasteiger partial charge in [0, 0.05) is 11.0 Å². The number of nitrogens with zero attached hydrogens (tertiary/aromatic N) is 1. The van der Waals surface area contributed by atoms with Crippen molar-refractivity contribution in [2.24, 2.45) is 0 Å². The lowest BCUT2D eigenvalue weighted by Crippen LogP contribution is -2.55. The van der Waals surface area contributed by atoms with Gasteiger partial charge in [0.25, 0.3) is 0 Å².